The van der Waals surface area contributed by atoms with Crippen LogP contribution in [0.2, 0.25) is 0 Å². The molecule has 2 unspecified atom stereocenters. The Morgan fingerprint density at radius 1 is 1.07 bits per heavy atom. The molecule has 150 valence electrons. The largest absolute Gasteiger partial charge is 0.440 e. The number of hydrogen-bond acceptors (Lipinski definition) is 6. The van der Waals surface area contributed by atoms with Gasteiger partial charge in [0.05, 0.1) is 0 Å². The Labute approximate surface area is 172 Å². The van der Waals surface area contributed by atoms with Crippen LogP contribution in [0.5, 0.6) is 0 Å². The first kappa shape index (κ1) is 19.7. The van der Waals surface area contributed by atoms with Crippen molar-refractivity contribution in [1.82, 2.24) is 5.06 Å². The molecule has 2 heterocycles. The second kappa shape index (κ2) is 8.39. The number of esters is 1. The summed E-state index contributed by atoms with van der Waals surface area (Å²) in [5, 5.41) is 1.40. The lowest BCUT2D eigenvalue weighted by atomic mass is 9.89. The van der Waals surface area contributed by atoms with Gasteiger partial charge in [0.15, 0.2) is 6.23 Å². The fraction of sp³-hybridized carbons (Fsp3) is 0.273. The van der Waals surface area contributed by atoms with E-state index in [9.17, 15) is 14.0 Å². The number of hydroxylamine groups is 2. The van der Waals surface area contributed by atoms with E-state index in [0.717, 1.165) is 27.5 Å². The van der Waals surface area contributed by atoms with Crippen LogP contribution in [0.3, 0.4) is 0 Å². The zero-order chi connectivity index (χ0) is 20.4. The van der Waals surface area contributed by atoms with E-state index < -0.39 is 18.2 Å². The van der Waals surface area contributed by atoms with Crippen LogP contribution in [0.25, 0.3) is 0 Å². The predicted octanol–water partition coefficient (Wildman–Crippen LogP) is 4.36. The first-order valence-electron chi connectivity index (χ1n) is 9.39. The highest BCUT2D eigenvalue weighted by Crippen LogP contribution is 2.40. The molecule has 5 nitrogen and oxygen atoms in total. The standard InChI is InChI=1S/C22H20FNO4S/c1-14-2-5-17(6-3-14)29-19-7-4-16(23)13-18(19)15-10-11-24-20(12-15)27-21(25)8-9-22(26)28-24/h2-9,13,15,20H,10-12H2,1H3/b9-8+. The van der Waals surface area contributed by atoms with Crippen molar-refractivity contribution in [2.45, 2.75) is 41.7 Å². The van der Waals surface area contributed by atoms with Gasteiger partial charge in [-0.3, -0.25) is 0 Å². The number of piperidine rings is 1. The minimum Gasteiger partial charge on any atom is -0.440 e. The minimum atomic E-state index is -0.698. The predicted molar refractivity (Wildman–Crippen MR) is 105 cm³/mol. The van der Waals surface area contributed by atoms with E-state index in [-0.39, 0.29) is 11.7 Å². The summed E-state index contributed by atoms with van der Waals surface area (Å²) in [5.41, 5.74) is 2.05. The van der Waals surface area contributed by atoms with Gasteiger partial charge in [-0.1, -0.05) is 34.5 Å². The molecule has 2 aromatic rings. The molecule has 0 radical (unpaired) electrons. The lowest BCUT2D eigenvalue weighted by molar-refractivity contribution is -0.248. The van der Waals surface area contributed by atoms with Crippen molar-refractivity contribution < 1.29 is 23.6 Å². The van der Waals surface area contributed by atoms with Crippen LogP contribution in [0.15, 0.2) is 64.4 Å². The molecule has 1 saturated heterocycles. The second-order valence-electron chi connectivity index (χ2n) is 7.09. The number of halogens is 1. The fourth-order valence-electron chi connectivity index (χ4n) is 3.52. The normalized spacial score (nSPS) is 23.4. The minimum absolute atomic E-state index is 0.0326. The molecule has 4 rings (SSSR count). The van der Waals surface area contributed by atoms with Crippen molar-refractivity contribution in [2.24, 2.45) is 0 Å². The molecule has 0 amide bonds. The van der Waals surface area contributed by atoms with E-state index in [4.69, 9.17) is 9.57 Å². The average Bonchev–Trinajstić information content (AvgIpc) is 2.70. The van der Waals surface area contributed by atoms with Crippen LogP contribution in [0.4, 0.5) is 4.39 Å². The van der Waals surface area contributed by atoms with Crippen molar-refractivity contribution >= 4 is 23.7 Å². The first-order chi connectivity index (χ1) is 14.0. The molecule has 1 fully saturated rings. The Kier molecular flexibility index (Phi) is 5.69. The maximum Gasteiger partial charge on any atom is 0.350 e. The number of hydrogen-bond donors (Lipinski definition) is 0. The SMILES string of the molecule is Cc1ccc(Sc2ccc(F)cc2C2CCN3OC(=O)/C=C/C(=O)OC3C2)cc1. The number of fused-ring (bicyclic) bond motifs is 1. The van der Waals surface area contributed by atoms with Crippen LogP contribution in [0, 0.1) is 12.7 Å². The summed E-state index contributed by atoms with van der Waals surface area (Å²) in [4.78, 5) is 30.8. The van der Waals surface area contributed by atoms with Crippen molar-refractivity contribution in [2.75, 3.05) is 6.54 Å². The van der Waals surface area contributed by atoms with Crippen molar-refractivity contribution in [3.05, 3.63) is 71.6 Å². The third-order valence-electron chi connectivity index (χ3n) is 4.98. The summed E-state index contributed by atoms with van der Waals surface area (Å²) >= 11 is 1.58. The van der Waals surface area contributed by atoms with Crippen molar-refractivity contribution in [1.29, 1.82) is 0 Å². The van der Waals surface area contributed by atoms with Gasteiger partial charge in [0.25, 0.3) is 0 Å². The van der Waals surface area contributed by atoms with Crippen molar-refractivity contribution in [3.8, 4) is 0 Å². The average molecular weight is 413 g/mol. The zero-order valence-electron chi connectivity index (χ0n) is 15.8. The van der Waals surface area contributed by atoms with Crippen LogP contribution in [-0.4, -0.2) is 29.8 Å². The van der Waals surface area contributed by atoms with Gasteiger partial charge in [0.1, 0.15) is 5.82 Å². The third kappa shape index (κ3) is 4.68. The molecular weight excluding hydrogens is 393 g/mol. The topological polar surface area (TPSA) is 55.8 Å². The smallest absolute Gasteiger partial charge is 0.350 e. The maximum absolute atomic E-state index is 14.1. The molecule has 0 aromatic heterocycles. The summed E-state index contributed by atoms with van der Waals surface area (Å²) < 4.78 is 19.5. The summed E-state index contributed by atoms with van der Waals surface area (Å²) in [7, 11) is 0. The molecular formula is C22H20FNO4S. The van der Waals surface area contributed by atoms with Gasteiger partial charge in [-0.15, -0.1) is 0 Å². The summed E-state index contributed by atoms with van der Waals surface area (Å²) in [6.45, 7) is 2.43. The van der Waals surface area contributed by atoms with Crippen LogP contribution < -0.4 is 0 Å². The highest BCUT2D eigenvalue weighted by molar-refractivity contribution is 7.99. The van der Waals surface area contributed by atoms with E-state index >= 15 is 0 Å². The number of benzene rings is 2. The Hall–Kier alpha value is -2.64. The number of nitrogens with zero attached hydrogens (tertiary/aromatic N) is 1. The van der Waals surface area contributed by atoms with Gasteiger partial charge in [-0.25, -0.2) is 14.0 Å². The van der Waals surface area contributed by atoms with E-state index in [1.165, 1.54) is 16.7 Å². The van der Waals surface area contributed by atoms with Gasteiger partial charge < -0.3 is 9.57 Å². The van der Waals surface area contributed by atoms with Crippen LogP contribution >= 0.6 is 11.8 Å². The molecule has 0 aliphatic carbocycles. The van der Waals surface area contributed by atoms with E-state index in [2.05, 4.69) is 0 Å². The van der Waals surface area contributed by atoms with Crippen molar-refractivity contribution in [3.63, 3.8) is 0 Å². The Bertz CT molecular complexity index is 960. The lowest BCUT2D eigenvalue weighted by Crippen LogP contribution is -2.46. The second-order valence-corrected chi connectivity index (χ2v) is 8.21. The van der Waals surface area contributed by atoms with Crippen LogP contribution in [0.1, 0.15) is 29.9 Å². The Balaban J connectivity index is 1.58. The highest BCUT2D eigenvalue weighted by atomic mass is 32.2. The van der Waals surface area contributed by atoms with E-state index in [1.807, 2.05) is 31.2 Å². The first-order valence-corrected chi connectivity index (χ1v) is 10.2. The molecule has 7 heteroatoms. The molecule has 2 aliphatic rings. The number of carbonyl (C=O) groups is 2. The summed E-state index contributed by atoms with van der Waals surface area (Å²) in [6.07, 6.45) is 2.47. The van der Waals surface area contributed by atoms with Gasteiger partial charge in [-0.05, 0) is 55.2 Å². The van der Waals surface area contributed by atoms with E-state index in [0.29, 0.717) is 19.4 Å². The lowest BCUT2D eigenvalue weighted by Gasteiger charge is -2.37. The number of carbonyl (C=O) groups excluding carboxylic acids is 2. The summed E-state index contributed by atoms with van der Waals surface area (Å²) in [5.74, 6) is -1.54. The van der Waals surface area contributed by atoms with E-state index in [1.54, 1.807) is 23.9 Å². The molecule has 2 aliphatic heterocycles. The molecule has 0 N–H and O–H groups in total. The Morgan fingerprint density at radius 3 is 2.62 bits per heavy atom. The molecule has 2 aromatic carbocycles. The monoisotopic (exact) mass is 413 g/mol. The molecule has 0 spiro atoms. The molecule has 2 atom stereocenters. The molecule has 29 heavy (non-hydrogen) atoms. The van der Waals surface area contributed by atoms with Gasteiger partial charge in [-0.2, -0.15) is 0 Å². The quantitative estimate of drug-likeness (QED) is 0.697. The molecule has 0 saturated carbocycles. The molecule has 0 bridgehead atoms. The van der Waals surface area contributed by atoms with Crippen LogP contribution in [-0.2, 0) is 19.2 Å². The Morgan fingerprint density at radius 2 is 1.83 bits per heavy atom. The highest BCUT2D eigenvalue weighted by Gasteiger charge is 2.36. The number of rotatable bonds is 3. The number of aryl methyl sites for hydroxylation is 1. The zero-order valence-corrected chi connectivity index (χ0v) is 16.7. The summed E-state index contributed by atoms with van der Waals surface area (Å²) in [6, 6.07) is 13.0. The van der Waals surface area contributed by atoms with Gasteiger partial charge in [0, 0.05) is 34.9 Å². The third-order valence-corrected chi connectivity index (χ3v) is 6.08. The van der Waals surface area contributed by atoms with Gasteiger partial charge >= 0.3 is 11.9 Å². The van der Waals surface area contributed by atoms with Gasteiger partial charge in [0.2, 0.25) is 0 Å². The fourth-order valence-corrected chi connectivity index (χ4v) is 4.53. The maximum atomic E-state index is 14.1. The number of ether oxygens (including phenoxy) is 1.